The van der Waals surface area contributed by atoms with Crippen LogP contribution in [0.3, 0.4) is 0 Å². The van der Waals surface area contributed by atoms with E-state index in [1.165, 1.54) is 11.6 Å². The number of hydrogen-bond donors (Lipinski definition) is 0. The predicted octanol–water partition coefficient (Wildman–Crippen LogP) is 3.43. The van der Waals surface area contributed by atoms with Crippen LogP contribution >= 0.6 is 0 Å². The molecule has 0 bridgehead atoms. The van der Waals surface area contributed by atoms with E-state index in [4.69, 9.17) is 4.74 Å². The molecule has 1 heterocycles. The highest BCUT2D eigenvalue weighted by Crippen LogP contribution is 2.26. The molecule has 1 atom stereocenters. The van der Waals surface area contributed by atoms with Gasteiger partial charge in [-0.15, -0.1) is 0 Å². The number of morpholine rings is 1. The molecule has 1 aliphatic heterocycles. The summed E-state index contributed by atoms with van der Waals surface area (Å²) < 4.78 is 5.81. The van der Waals surface area contributed by atoms with Crippen LogP contribution in [0.4, 0.5) is 5.69 Å². The number of carbonyl (C=O) groups excluding carboxylic acids is 1. The van der Waals surface area contributed by atoms with Crippen molar-refractivity contribution in [2.24, 2.45) is 0 Å². The molecule has 25 heavy (non-hydrogen) atoms. The van der Waals surface area contributed by atoms with E-state index in [2.05, 4.69) is 0 Å². The third kappa shape index (κ3) is 3.53. The number of carbonyl (C=O) groups is 1. The van der Waals surface area contributed by atoms with Gasteiger partial charge in [0.1, 0.15) is 6.10 Å². The molecule has 2 aromatic carbocycles. The minimum atomic E-state index is -0.458. The highest BCUT2D eigenvalue weighted by molar-refractivity contribution is 5.96. The number of benzene rings is 2. The van der Waals surface area contributed by atoms with E-state index in [9.17, 15) is 14.9 Å². The number of ether oxygens (including phenoxy) is 1. The molecule has 0 aliphatic carbocycles. The fraction of sp³-hybridized carbons (Fsp3) is 0.316. The second kappa shape index (κ2) is 7.03. The van der Waals surface area contributed by atoms with Crippen molar-refractivity contribution >= 4 is 11.6 Å². The minimum Gasteiger partial charge on any atom is -0.370 e. The van der Waals surface area contributed by atoms with Gasteiger partial charge in [0.15, 0.2) is 0 Å². The van der Waals surface area contributed by atoms with Crippen LogP contribution in [0.15, 0.2) is 42.5 Å². The molecule has 0 saturated carbocycles. The Bertz CT molecular complexity index is 802. The van der Waals surface area contributed by atoms with Crippen LogP contribution in [0.2, 0.25) is 0 Å². The molecule has 3 rings (SSSR count). The Labute approximate surface area is 146 Å². The lowest BCUT2D eigenvalue weighted by Gasteiger charge is -2.33. The first-order valence-corrected chi connectivity index (χ1v) is 8.19. The zero-order valence-corrected chi connectivity index (χ0v) is 14.3. The Kier molecular flexibility index (Phi) is 4.81. The SMILES string of the molecule is Cc1ccc(C2CN(C(=O)c3cccc([N+](=O)[O-])c3C)CCO2)cc1. The molecular weight excluding hydrogens is 320 g/mol. The third-order valence-electron chi connectivity index (χ3n) is 4.54. The molecule has 1 amide bonds. The maximum absolute atomic E-state index is 12.9. The Morgan fingerprint density at radius 1 is 1.20 bits per heavy atom. The fourth-order valence-electron chi connectivity index (χ4n) is 3.04. The van der Waals surface area contributed by atoms with Gasteiger partial charge in [-0.2, -0.15) is 0 Å². The molecule has 2 aromatic rings. The largest absolute Gasteiger partial charge is 0.370 e. The lowest BCUT2D eigenvalue weighted by Crippen LogP contribution is -2.42. The van der Waals surface area contributed by atoms with E-state index in [-0.39, 0.29) is 17.7 Å². The van der Waals surface area contributed by atoms with Gasteiger partial charge in [-0.1, -0.05) is 35.9 Å². The van der Waals surface area contributed by atoms with Gasteiger partial charge in [0.25, 0.3) is 11.6 Å². The van der Waals surface area contributed by atoms with Crippen molar-refractivity contribution in [2.75, 3.05) is 19.7 Å². The first-order chi connectivity index (χ1) is 12.0. The Balaban J connectivity index is 1.82. The maximum Gasteiger partial charge on any atom is 0.273 e. The maximum atomic E-state index is 12.9. The molecule has 1 unspecified atom stereocenters. The van der Waals surface area contributed by atoms with Crippen LogP contribution in [0, 0.1) is 24.0 Å². The quantitative estimate of drug-likeness (QED) is 0.634. The smallest absolute Gasteiger partial charge is 0.273 e. The molecule has 0 spiro atoms. The second-order valence-corrected chi connectivity index (χ2v) is 6.23. The summed E-state index contributed by atoms with van der Waals surface area (Å²) in [5.74, 6) is -0.193. The second-order valence-electron chi connectivity index (χ2n) is 6.23. The van der Waals surface area contributed by atoms with Gasteiger partial charge in [-0.25, -0.2) is 0 Å². The van der Waals surface area contributed by atoms with E-state index in [0.717, 1.165) is 5.56 Å². The normalized spacial score (nSPS) is 17.4. The third-order valence-corrected chi connectivity index (χ3v) is 4.54. The number of nitro groups is 1. The van der Waals surface area contributed by atoms with Crippen LogP contribution in [0.1, 0.15) is 33.2 Å². The van der Waals surface area contributed by atoms with E-state index in [0.29, 0.717) is 30.8 Å². The summed E-state index contributed by atoms with van der Waals surface area (Å²) in [6, 6.07) is 12.7. The summed E-state index contributed by atoms with van der Waals surface area (Å²) >= 11 is 0. The summed E-state index contributed by atoms with van der Waals surface area (Å²) in [7, 11) is 0. The molecule has 130 valence electrons. The minimum absolute atomic E-state index is 0.0332. The highest BCUT2D eigenvalue weighted by atomic mass is 16.6. The predicted molar refractivity (Wildman–Crippen MR) is 93.6 cm³/mol. The number of nitrogens with zero attached hydrogens (tertiary/aromatic N) is 2. The van der Waals surface area contributed by atoms with Gasteiger partial charge >= 0.3 is 0 Å². The molecule has 6 heteroatoms. The Morgan fingerprint density at radius 2 is 1.92 bits per heavy atom. The first kappa shape index (κ1) is 17.1. The average molecular weight is 340 g/mol. The molecule has 0 radical (unpaired) electrons. The van der Waals surface area contributed by atoms with E-state index in [1.54, 1.807) is 24.0 Å². The summed E-state index contributed by atoms with van der Waals surface area (Å²) in [4.78, 5) is 25.2. The number of hydrogen-bond acceptors (Lipinski definition) is 4. The van der Waals surface area contributed by atoms with Gasteiger partial charge in [0.05, 0.1) is 18.1 Å². The fourth-order valence-corrected chi connectivity index (χ4v) is 3.04. The van der Waals surface area contributed by atoms with Crippen LogP contribution in [0.5, 0.6) is 0 Å². The monoisotopic (exact) mass is 340 g/mol. The molecule has 0 N–H and O–H groups in total. The van der Waals surface area contributed by atoms with Crippen molar-refractivity contribution in [2.45, 2.75) is 20.0 Å². The standard InChI is InChI=1S/C19H20N2O4/c1-13-6-8-15(9-7-13)18-12-20(10-11-25-18)19(22)16-4-3-5-17(14(16)2)21(23)24/h3-9,18H,10-12H2,1-2H3. The van der Waals surface area contributed by atoms with Crippen molar-refractivity contribution in [3.05, 3.63) is 74.8 Å². The molecular formula is C19H20N2O4. The van der Waals surface area contributed by atoms with Gasteiger partial charge in [-0.05, 0) is 25.5 Å². The molecule has 6 nitrogen and oxygen atoms in total. The van der Waals surface area contributed by atoms with Crippen molar-refractivity contribution in [1.82, 2.24) is 4.90 Å². The molecule has 0 aromatic heterocycles. The molecule has 1 saturated heterocycles. The topological polar surface area (TPSA) is 72.7 Å². The Hall–Kier alpha value is -2.73. The zero-order valence-electron chi connectivity index (χ0n) is 14.3. The van der Waals surface area contributed by atoms with E-state index in [1.807, 2.05) is 31.2 Å². The summed E-state index contributed by atoms with van der Waals surface area (Å²) in [6.07, 6.45) is -0.183. The lowest BCUT2D eigenvalue weighted by atomic mass is 10.0. The summed E-state index contributed by atoms with van der Waals surface area (Å²) in [5.41, 5.74) is 2.93. The van der Waals surface area contributed by atoms with Gasteiger partial charge in [0.2, 0.25) is 0 Å². The summed E-state index contributed by atoms with van der Waals surface area (Å²) in [5, 5.41) is 11.1. The van der Waals surface area contributed by atoms with Crippen molar-refractivity contribution in [1.29, 1.82) is 0 Å². The molecule has 1 fully saturated rings. The number of amides is 1. The van der Waals surface area contributed by atoms with Gasteiger partial charge in [0, 0.05) is 23.7 Å². The van der Waals surface area contributed by atoms with Crippen LogP contribution in [0.25, 0.3) is 0 Å². The van der Waals surface area contributed by atoms with Crippen molar-refractivity contribution in [3.8, 4) is 0 Å². The number of nitro benzene ring substituents is 1. The van der Waals surface area contributed by atoms with Crippen LogP contribution in [-0.4, -0.2) is 35.4 Å². The Morgan fingerprint density at radius 3 is 2.60 bits per heavy atom. The first-order valence-electron chi connectivity index (χ1n) is 8.19. The lowest BCUT2D eigenvalue weighted by molar-refractivity contribution is -0.385. The number of rotatable bonds is 3. The van der Waals surface area contributed by atoms with Crippen molar-refractivity contribution < 1.29 is 14.5 Å². The summed E-state index contributed by atoms with van der Waals surface area (Å²) in [6.45, 7) is 4.99. The van der Waals surface area contributed by atoms with Gasteiger partial charge in [-0.3, -0.25) is 14.9 Å². The van der Waals surface area contributed by atoms with Crippen LogP contribution in [-0.2, 0) is 4.74 Å². The molecule has 1 aliphatic rings. The van der Waals surface area contributed by atoms with Gasteiger partial charge < -0.3 is 9.64 Å². The van der Waals surface area contributed by atoms with E-state index < -0.39 is 4.92 Å². The van der Waals surface area contributed by atoms with Crippen LogP contribution < -0.4 is 0 Å². The average Bonchev–Trinajstić information content (AvgIpc) is 2.62. The number of aryl methyl sites for hydroxylation is 1. The van der Waals surface area contributed by atoms with Crippen molar-refractivity contribution in [3.63, 3.8) is 0 Å². The van der Waals surface area contributed by atoms with E-state index >= 15 is 0 Å². The zero-order chi connectivity index (χ0) is 18.0. The highest BCUT2D eigenvalue weighted by Gasteiger charge is 2.28.